The van der Waals surface area contributed by atoms with E-state index in [9.17, 15) is 14.4 Å². The molecule has 3 heterocycles. The number of aryl methyl sites for hydroxylation is 1. The highest BCUT2D eigenvalue weighted by atomic mass is 16.2. The number of nitrogens with one attached hydrogen (secondary N) is 1. The molecule has 8 heteroatoms. The van der Waals surface area contributed by atoms with Crippen LogP contribution in [0.3, 0.4) is 0 Å². The van der Waals surface area contributed by atoms with E-state index in [0.717, 1.165) is 19.4 Å². The zero-order valence-electron chi connectivity index (χ0n) is 13.6. The van der Waals surface area contributed by atoms with E-state index < -0.39 is 11.2 Å². The maximum atomic E-state index is 12.5. The Labute approximate surface area is 138 Å². The van der Waals surface area contributed by atoms with Gasteiger partial charge in [-0.15, -0.1) is 0 Å². The predicted octanol–water partition coefficient (Wildman–Crippen LogP) is -0.0197. The number of carbonyl (C=O) groups is 1. The lowest BCUT2D eigenvalue weighted by Gasteiger charge is -2.33. The smallest absolute Gasteiger partial charge is 0.328 e. The summed E-state index contributed by atoms with van der Waals surface area (Å²) in [5, 5.41) is 0. The van der Waals surface area contributed by atoms with Crippen molar-refractivity contribution in [3.8, 4) is 0 Å². The normalized spacial score (nSPS) is 17.9. The lowest BCUT2D eigenvalue weighted by atomic mass is 9.98. The summed E-state index contributed by atoms with van der Waals surface area (Å²) in [6.07, 6.45) is 8.90. The van der Waals surface area contributed by atoms with Crippen LogP contribution in [0.4, 0.5) is 0 Å². The van der Waals surface area contributed by atoms with Gasteiger partial charge in [-0.1, -0.05) is 0 Å². The molecular formula is C16H21N5O3. The quantitative estimate of drug-likeness (QED) is 0.852. The number of likely N-dealkylation sites (tertiary alicyclic amines) is 1. The molecule has 0 radical (unpaired) electrons. The molecule has 0 saturated carbocycles. The van der Waals surface area contributed by atoms with Gasteiger partial charge >= 0.3 is 5.69 Å². The summed E-state index contributed by atoms with van der Waals surface area (Å²) in [7, 11) is 0. The first-order valence-electron chi connectivity index (χ1n) is 8.07. The molecule has 1 saturated heterocycles. The van der Waals surface area contributed by atoms with Crippen molar-refractivity contribution >= 4 is 5.91 Å². The second-order valence-corrected chi connectivity index (χ2v) is 6.31. The van der Waals surface area contributed by atoms with Gasteiger partial charge in [-0.25, -0.2) is 9.78 Å². The number of hydrogen-bond donors (Lipinski definition) is 1. The van der Waals surface area contributed by atoms with Gasteiger partial charge in [-0.3, -0.25) is 19.1 Å². The average Bonchev–Trinajstić information content (AvgIpc) is 3.06. The number of hydrogen-bond acceptors (Lipinski definition) is 4. The third-order valence-corrected chi connectivity index (χ3v) is 4.39. The molecule has 1 fully saturated rings. The van der Waals surface area contributed by atoms with Gasteiger partial charge in [0.25, 0.3) is 5.56 Å². The summed E-state index contributed by atoms with van der Waals surface area (Å²) in [5.74, 6) is 0.282. The van der Waals surface area contributed by atoms with Crippen molar-refractivity contribution in [3.63, 3.8) is 0 Å². The lowest BCUT2D eigenvalue weighted by Crippen LogP contribution is -2.44. The van der Waals surface area contributed by atoms with E-state index >= 15 is 0 Å². The molecule has 0 bridgehead atoms. The number of aromatic amines is 1. The summed E-state index contributed by atoms with van der Waals surface area (Å²) in [5.41, 5.74) is -0.549. The summed E-state index contributed by atoms with van der Waals surface area (Å²) in [6, 6.07) is 0. The second kappa shape index (κ2) is 6.86. The van der Waals surface area contributed by atoms with Crippen molar-refractivity contribution in [2.24, 2.45) is 5.92 Å². The summed E-state index contributed by atoms with van der Waals surface area (Å²) in [4.78, 5) is 43.8. The second-order valence-electron chi connectivity index (χ2n) is 6.31. The Morgan fingerprint density at radius 2 is 2.25 bits per heavy atom. The van der Waals surface area contributed by atoms with Crippen LogP contribution in [0.1, 0.15) is 18.4 Å². The summed E-state index contributed by atoms with van der Waals surface area (Å²) >= 11 is 0. The van der Waals surface area contributed by atoms with Gasteiger partial charge in [0.05, 0.1) is 6.33 Å². The Morgan fingerprint density at radius 1 is 1.42 bits per heavy atom. The minimum atomic E-state index is -0.550. The molecule has 0 unspecified atom stereocenters. The Hall–Kier alpha value is -2.64. The molecule has 2 aromatic heterocycles. The number of carbonyl (C=O) groups excluding carboxylic acids is 1. The Bertz CT molecular complexity index is 821. The fraction of sp³-hybridized carbons (Fsp3) is 0.500. The summed E-state index contributed by atoms with van der Waals surface area (Å²) < 4.78 is 3.28. The maximum absolute atomic E-state index is 12.5. The van der Waals surface area contributed by atoms with E-state index in [0.29, 0.717) is 24.6 Å². The number of amides is 1. The van der Waals surface area contributed by atoms with Gasteiger partial charge in [0.2, 0.25) is 5.91 Å². The highest BCUT2D eigenvalue weighted by Gasteiger charge is 2.24. The molecule has 1 aliphatic rings. The van der Waals surface area contributed by atoms with Crippen LogP contribution < -0.4 is 11.2 Å². The fourth-order valence-corrected chi connectivity index (χ4v) is 3.12. The molecule has 128 valence electrons. The number of aromatic nitrogens is 4. The largest absolute Gasteiger partial charge is 0.341 e. The van der Waals surface area contributed by atoms with E-state index in [2.05, 4.69) is 9.97 Å². The van der Waals surface area contributed by atoms with Crippen LogP contribution in [-0.4, -0.2) is 43.0 Å². The van der Waals surface area contributed by atoms with Gasteiger partial charge in [-0.2, -0.15) is 0 Å². The maximum Gasteiger partial charge on any atom is 0.328 e. The minimum absolute atomic E-state index is 0.0474. The van der Waals surface area contributed by atoms with Gasteiger partial charge < -0.3 is 9.47 Å². The van der Waals surface area contributed by atoms with Crippen molar-refractivity contribution in [1.82, 2.24) is 24.0 Å². The zero-order valence-corrected chi connectivity index (χ0v) is 13.6. The molecule has 0 aromatic carbocycles. The first-order valence-corrected chi connectivity index (χ1v) is 8.07. The van der Waals surface area contributed by atoms with Crippen LogP contribution in [0, 0.1) is 12.8 Å². The van der Waals surface area contributed by atoms with Crippen LogP contribution in [0.2, 0.25) is 0 Å². The van der Waals surface area contributed by atoms with Crippen LogP contribution in [0.25, 0.3) is 0 Å². The molecule has 0 spiro atoms. The monoisotopic (exact) mass is 331 g/mol. The Balaban J connectivity index is 1.65. The number of rotatable bonds is 4. The highest BCUT2D eigenvalue weighted by Crippen LogP contribution is 2.18. The molecule has 1 atom stereocenters. The van der Waals surface area contributed by atoms with Crippen LogP contribution in [0.5, 0.6) is 0 Å². The molecule has 8 nitrogen and oxygen atoms in total. The van der Waals surface area contributed by atoms with Crippen LogP contribution >= 0.6 is 0 Å². The SMILES string of the molecule is Cc1cn(CC(=O)N2CCC[C@@H](Cn3ccnc3)C2)c(=O)[nH]c1=O. The third-order valence-electron chi connectivity index (χ3n) is 4.39. The molecule has 2 aromatic rings. The molecule has 1 N–H and O–H groups in total. The van der Waals surface area contributed by atoms with E-state index in [1.807, 2.05) is 10.8 Å². The van der Waals surface area contributed by atoms with Crippen molar-refractivity contribution in [3.05, 3.63) is 51.3 Å². The van der Waals surface area contributed by atoms with Crippen LogP contribution in [-0.2, 0) is 17.9 Å². The zero-order chi connectivity index (χ0) is 17.1. The van der Waals surface area contributed by atoms with Crippen molar-refractivity contribution in [2.45, 2.75) is 32.9 Å². The van der Waals surface area contributed by atoms with E-state index in [1.165, 1.54) is 10.8 Å². The minimum Gasteiger partial charge on any atom is -0.341 e. The lowest BCUT2D eigenvalue weighted by molar-refractivity contribution is -0.133. The Kier molecular flexibility index (Phi) is 4.64. The molecule has 0 aliphatic carbocycles. The first-order chi connectivity index (χ1) is 11.5. The van der Waals surface area contributed by atoms with E-state index in [-0.39, 0.29) is 12.5 Å². The molecule has 1 amide bonds. The van der Waals surface area contributed by atoms with E-state index in [1.54, 1.807) is 24.3 Å². The highest BCUT2D eigenvalue weighted by molar-refractivity contribution is 5.76. The van der Waals surface area contributed by atoms with Crippen molar-refractivity contribution in [1.29, 1.82) is 0 Å². The van der Waals surface area contributed by atoms with Gasteiger partial charge in [0, 0.05) is 43.8 Å². The van der Waals surface area contributed by atoms with Gasteiger partial charge in [0.1, 0.15) is 6.54 Å². The molecule has 3 rings (SSSR count). The fourth-order valence-electron chi connectivity index (χ4n) is 3.12. The third kappa shape index (κ3) is 3.64. The van der Waals surface area contributed by atoms with Crippen LogP contribution in [0.15, 0.2) is 34.5 Å². The Morgan fingerprint density at radius 3 is 3.00 bits per heavy atom. The number of H-pyrrole nitrogens is 1. The average molecular weight is 331 g/mol. The summed E-state index contributed by atoms with van der Waals surface area (Å²) in [6.45, 7) is 3.78. The van der Waals surface area contributed by atoms with Gasteiger partial charge in [-0.05, 0) is 25.7 Å². The predicted molar refractivity (Wildman–Crippen MR) is 87.6 cm³/mol. The van der Waals surface area contributed by atoms with Crippen molar-refractivity contribution in [2.75, 3.05) is 13.1 Å². The standard InChI is InChI=1S/C16H21N5O3/c1-12-7-21(16(24)18-15(12)23)10-14(22)20-5-2-3-13(9-20)8-19-6-4-17-11-19/h4,6-7,11,13H,2-3,5,8-10H2,1H3,(H,18,23,24)/t13-/m0/s1. The molecule has 1 aliphatic heterocycles. The molecular weight excluding hydrogens is 310 g/mol. The topological polar surface area (TPSA) is 93.0 Å². The van der Waals surface area contributed by atoms with Crippen molar-refractivity contribution < 1.29 is 4.79 Å². The van der Waals surface area contributed by atoms with Gasteiger partial charge in [0.15, 0.2) is 0 Å². The number of piperidine rings is 1. The first kappa shape index (κ1) is 16.2. The number of nitrogens with zero attached hydrogens (tertiary/aromatic N) is 4. The van der Waals surface area contributed by atoms with E-state index in [4.69, 9.17) is 0 Å². The number of imidazole rings is 1. The molecule has 24 heavy (non-hydrogen) atoms.